The number of benzene rings is 2. The van der Waals surface area contributed by atoms with E-state index in [4.69, 9.17) is 27.6 Å². The lowest BCUT2D eigenvalue weighted by molar-refractivity contribution is 0.201. The van der Waals surface area contributed by atoms with Crippen LogP contribution in [0.5, 0.6) is 0 Å². The lowest BCUT2D eigenvalue weighted by Crippen LogP contribution is -2.34. The van der Waals surface area contributed by atoms with Crippen LogP contribution in [0.4, 0.5) is 14.9 Å². The topological polar surface area (TPSA) is 45.5 Å². The van der Waals surface area contributed by atoms with Crippen LogP contribution in [0.25, 0.3) is 0 Å². The van der Waals surface area contributed by atoms with Crippen LogP contribution in [-0.4, -0.2) is 10.9 Å². The number of carbonyl (C=O) groups is 1. The monoisotopic (exact) mass is 406 g/mol. The average Bonchev–Trinajstić information content (AvgIpc) is 3.04. The van der Waals surface area contributed by atoms with Gasteiger partial charge in [-0.2, -0.15) is 0 Å². The zero-order chi connectivity index (χ0) is 19.4. The second-order valence-corrected chi connectivity index (χ2v) is 6.84. The Labute approximate surface area is 166 Å². The Balaban J connectivity index is 1.83. The molecule has 3 rings (SSSR count). The summed E-state index contributed by atoms with van der Waals surface area (Å²) in [4.78, 5) is 14.4. The summed E-state index contributed by atoms with van der Waals surface area (Å²) >= 11 is 12.3. The predicted octanol–water partition coefficient (Wildman–Crippen LogP) is 6.27. The molecule has 27 heavy (non-hydrogen) atoms. The Bertz CT molecular complexity index is 921. The number of hydrogen-bond donors (Lipinski definition) is 1. The van der Waals surface area contributed by atoms with Gasteiger partial charge in [0.1, 0.15) is 17.3 Å². The van der Waals surface area contributed by atoms with Crippen LogP contribution in [0, 0.1) is 12.7 Å². The molecule has 0 aliphatic heterocycles. The van der Waals surface area contributed by atoms with E-state index in [1.54, 1.807) is 30.3 Å². The van der Waals surface area contributed by atoms with Crippen molar-refractivity contribution in [2.45, 2.75) is 20.0 Å². The number of amides is 2. The molecular formula is C20H17Cl2FN2O2. The van der Waals surface area contributed by atoms with Crippen LogP contribution < -0.4 is 5.32 Å². The Morgan fingerprint density at radius 1 is 1.04 bits per heavy atom. The molecule has 0 radical (unpaired) electrons. The summed E-state index contributed by atoms with van der Waals surface area (Å²) in [6, 6.07) is 14.2. The number of para-hydroxylation sites is 1. The molecule has 2 amide bonds. The summed E-state index contributed by atoms with van der Waals surface area (Å²) in [5.74, 6) is 1.05. The van der Waals surface area contributed by atoms with Gasteiger partial charge in [-0.05, 0) is 48.9 Å². The number of nitrogens with zero attached hydrogens (tertiary/aromatic N) is 1. The molecule has 0 saturated heterocycles. The third-order valence-corrected chi connectivity index (χ3v) is 4.54. The number of carbonyl (C=O) groups excluding carboxylic acids is 1. The van der Waals surface area contributed by atoms with Gasteiger partial charge >= 0.3 is 6.03 Å². The van der Waals surface area contributed by atoms with Crippen molar-refractivity contribution in [1.29, 1.82) is 0 Å². The van der Waals surface area contributed by atoms with E-state index >= 15 is 0 Å². The largest absolute Gasteiger partial charge is 0.464 e. The number of urea groups is 1. The first-order valence-electron chi connectivity index (χ1n) is 8.22. The molecule has 3 aromatic rings. The van der Waals surface area contributed by atoms with E-state index in [2.05, 4.69) is 5.32 Å². The van der Waals surface area contributed by atoms with Crippen LogP contribution in [0.15, 0.2) is 59.0 Å². The van der Waals surface area contributed by atoms with Gasteiger partial charge in [0.2, 0.25) is 0 Å². The third-order valence-electron chi connectivity index (χ3n) is 3.91. The molecule has 4 nitrogen and oxygen atoms in total. The van der Waals surface area contributed by atoms with Gasteiger partial charge in [0.15, 0.2) is 0 Å². The highest BCUT2D eigenvalue weighted by Gasteiger charge is 2.19. The number of halogens is 3. The molecule has 1 N–H and O–H groups in total. The minimum absolute atomic E-state index is 0.235. The predicted molar refractivity (Wildman–Crippen MR) is 105 cm³/mol. The van der Waals surface area contributed by atoms with E-state index in [-0.39, 0.29) is 18.9 Å². The molecule has 0 saturated carbocycles. The van der Waals surface area contributed by atoms with Crippen molar-refractivity contribution in [2.24, 2.45) is 0 Å². The zero-order valence-corrected chi connectivity index (χ0v) is 16.0. The maximum absolute atomic E-state index is 13.2. The van der Waals surface area contributed by atoms with Gasteiger partial charge in [0.25, 0.3) is 0 Å². The highest BCUT2D eigenvalue weighted by atomic mass is 35.5. The lowest BCUT2D eigenvalue weighted by atomic mass is 10.2. The van der Waals surface area contributed by atoms with Crippen molar-refractivity contribution in [2.75, 3.05) is 5.32 Å². The number of furan rings is 1. The van der Waals surface area contributed by atoms with Crippen molar-refractivity contribution in [3.8, 4) is 0 Å². The lowest BCUT2D eigenvalue weighted by Gasteiger charge is -2.23. The van der Waals surface area contributed by atoms with Crippen molar-refractivity contribution in [3.63, 3.8) is 0 Å². The summed E-state index contributed by atoms with van der Waals surface area (Å²) in [7, 11) is 0. The second kappa shape index (κ2) is 8.46. The van der Waals surface area contributed by atoms with Crippen molar-refractivity contribution < 1.29 is 13.6 Å². The van der Waals surface area contributed by atoms with Gasteiger partial charge in [-0.25, -0.2) is 9.18 Å². The fourth-order valence-corrected chi connectivity index (χ4v) is 3.06. The molecule has 0 bridgehead atoms. The molecule has 0 fully saturated rings. The molecular weight excluding hydrogens is 390 g/mol. The maximum atomic E-state index is 13.2. The van der Waals surface area contributed by atoms with E-state index in [1.165, 1.54) is 17.0 Å². The van der Waals surface area contributed by atoms with Gasteiger partial charge in [-0.15, -0.1) is 0 Å². The number of nitrogens with one attached hydrogen (secondary N) is 1. The first kappa shape index (κ1) is 19.3. The first-order chi connectivity index (χ1) is 12.9. The van der Waals surface area contributed by atoms with E-state index < -0.39 is 6.03 Å². The summed E-state index contributed by atoms with van der Waals surface area (Å²) in [6.07, 6.45) is 0. The minimum atomic E-state index is -0.400. The normalized spacial score (nSPS) is 10.7. The zero-order valence-electron chi connectivity index (χ0n) is 14.5. The van der Waals surface area contributed by atoms with Crippen molar-refractivity contribution in [3.05, 3.63) is 87.5 Å². The number of rotatable bonds is 5. The standard InChI is InChI=1S/C20H17Cl2FN2O2/c1-13-5-10-16(27-13)12-25(11-14-6-8-15(23)9-7-14)20(26)24-19-17(21)3-2-4-18(19)22/h2-10H,11-12H2,1H3,(H,24,26). The highest BCUT2D eigenvalue weighted by Crippen LogP contribution is 2.30. The molecule has 0 aliphatic carbocycles. The van der Waals surface area contributed by atoms with E-state index in [9.17, 15) is 9.18 Å². The Kier molecular flexibility index (Phi) is 6.04. The van der Waals surface area contributed by atoms with Crippen LogP contribution in [0.1, 0.15) is 17.1 Å². The van der Waals surface area contributed by atoms with E-state index in [0.29, 0.717) is 21.5 Å². The molecule has 1 aromatic heterocycles. The number of hydrogen-bond acceptors (Lipinski definition) is 2. The van der Waals surface area contributed by atoms with Gasteiger partial charge in [-0.1, -0.05) is 41.4 Å². The SMILES string of the molecule is Cc1ccc(CN(Cc2ccc(F)cc2)C(=O)Nc2c(Cl)cccc2Cl)o1. The Morgan fingerprint density at radius 3 is 2.30 bits per heavy atom. The molecule has 140 valence electrons. The van der Waals surface area contributed by atoms with Gasteiger partial charge in [-0.3, -0.25) is 0 Å². The summed E-state index contributed by atoms with van der Waals surface area (Å²) in [6.45, 7) is 2.32. The molecule has 1 heterocycles. The Morgan fingerprint density at radius 2 is 1.70 bits per heavy atom. The fraction of sp³-hybridized carbons (Fsp3) is 0.150. The van der Waals surface area contributed by atoms with Crippen LogP contribution >= 0.6 is 23.2 Å². The maximum Gasteiger partial charge on any atom is 0.322 e. The van der Waals surface area contributed by atoms with Crippen LogP contribution in [0.3, 0.4) is 0 Å². The van der Waals surface area contributed by atoms with Gasteiger partial charge in [0.05, 0.1) is 22.3 Å². The fourth-order valence-electron chi connectivity index (χ4n) is 2.57. The molecule has 0 spiro atoms. The first-order valence-corrected chi connectivity index (χ1v) is 8.97. The summed E-state index contributed by atoms with van der Waals surface area (Å²) < 4.78 is 18.8. The van der Waals surface area contributed by atoms with Crippen molar-refractivity contribution >= 4 is 34.9 Å². The molecule has 0 atom stereocenters. The van der Waals surface area contributed by atoms with E-state index in [1.807, 2.05) is 19.1 Å². The van der Waals surface area contributed by atoms with Gasteiger partial charge in [0, 0.05) is 6.54 Å². The average molecular weight is 407 g/mol. The molecule has 2 aromatic carbocycles. The van der Waals surface area contributed by atoms with Gasteiger partial charge < -0.3 is 14.6 Å². The second-order valence-electron chi connectivity index (χ2n) is 6.02. The van der Waals surface area contributed by atoms with E-state index in [0.717, 1.165) is 11.3 Å². The van der Waals surface area contributed by atoms with Crippen LogP contribution in [-0.2, 0) is 13.1 Å². The third kappa shape index (κ3) is 5.02. The smallest absolute Gasteiger partial charge is 0.322 e. The molecule has 0 aliphatic rings. The summed E-state index contributed by atoms with van der Waals surface area (Å²) in [5, 5.41) is 3.42. The Hall–Kier alpha value is -2.50. The van der Waals surface area contributed by atoms with Crippen molar-refractivity contribution in [1.82, 2.24) is 4.90 Å². The number of aryl methyl sites for hydroxylation is 1. The quantitative estimate of drug-likeness (QED) is 0.542. The number of anilines is 1. The molecule has 7 heteroatoms. The molecule has 0 unspecified atom stereocenters. The minimum Gasteiger partial charge on any atom is -0.464 e. The summed E-state index contributed by atoms with van der Waals surface area (Å²) in [5.41, 5.74) is 1.12. The van der Waals surface area contributed by atoms with Crippen LogP contribution in [0.2, 0.25) is 10.0 Å². The highest BCUT2D eigenvalue weighted by molar-refractivity contribution is 6.39.